The van der Waals surface area contributed by atoms with E-state index in [-0.39, 0.29) is 11.3 Å². The van der Waals surface area contributed by atoms with E-state index < -0.39 is 0 Å². The highest BCUT2D eigenvalue weighted by atomic mass is 32.2. The Balaban J connectivity index is 1.59. The maximum Gasteiger partial charge on any atom is 0.255 e. The molecular weight excluding hydrogens is 346 g/mol. The molecule has 1 amide bonds. The molecule has 2 aromatic carbocycles. The topological polar surface area (TPSA) is 47.4 Å². The van der Waals surface area contributed by atoms with E-state index in [1.807, 2.05) is 65.7 Å². The quantitative estimate of drug-likeness (QED) is 0.706. The van der Waals surface area contributed by atoms with Crippen LogP contribution in [0.2, 0.25) is 0 Å². The van der Waals surface area contributed by atoms with Crippen molar-refractivity contribution in [3.8, 4) is 11.4 Å². The van der Waals surface area contributed by atoms with Gasteiger partial charge in [-0.3, -0.25) is 4.79 Å². The molecule has 0 aliphatic carbocycles. The van der Waals surface area contributed by atoms with Crippen LogP contribution in [0.3, 0.4) is 0 Å². The second-order valence-electron chi connectivity index (χ2n) is 6.00. The zero-order valence-corrected chi connectivity index (χ0v) is 15.2. The first-order valence-electron chi connectivity index (χ1n) is 8.43. The number of ether oxygens (including phenoxy) is 1. The predicted octanol–water partition coefficient (Wildman–Crippen LogP) is 3.77. The van der Waals surface area contributed by atoms with Gasteiger partial charge < -0.3 is 9.64 Å². The summed E-state index contributed by atoms with van der Waals surface area (Å²) in [6.07, 6.45) is 3.60. The van der Waals surface area contributed by atoms with E-state index in [0.29, 0.717) is 5.56 Å². The Labute approximate surface area is 156 Å². The molecule has 6 heteroatoms. The smallest absolute Gasteiger partial charge is 0.255 e. The monoisotopic (exact) mass is 365 g/mol. The maximum atomic E-state index is 13.1. The van der Waals surface area contributed by atoms with Gasteiger partial charge in [-0.05, 0) is 42.0 Å². The van der Waals surface area contributed by atoms with Crippen LogP contribution in [0.5, 0.6) is 5.75 Å². The van der Waals surface area contributed by atoms with Gasteiger partial charge in [-0.1, -0.05) is 18.2 Å². The Hall–Kier alpha value is -2.73. The van der Waals surface area contributed by atoms with Crippen LogP contribution >= 0.6 is 11.8 Å². The molecule has 1 unspecified atom stereocenters. The minimum absolute atomic E-state index is 0.0294. The predicted molar refractivity (Wildman–Crippen MR) is 103 cm³/mol. The van der Waals surface area contributed by atoms with Gasteiger partial charge in [-0.2, -0.15) is 5.10 Å². The van der Waals surface area contributed by atoms with Gasteiger partial charge in [-0.15, -0.1) is 11.8 Å². The maximum absolute atomic E-state index is 13.1. The molecule has 4 rings (SSSR count). The fourth-order valence-corrected chi connectivity index (χ4v) is 4.35. The van der Waals surface area contributed by atoms with Crippen LogP contribution in [0.15, 0.2) is 67.0 Å². The van der Waals surface area contributed by atoms with Gasteiger partial charge in [0.1, 0.15) is 11.1 Å². The third-order valence-corrected chi connectivity index (χ3v) is 5.68. The van der Waals surface area contributed by atoms with E-state index in [1.165, 1.54) is 0 Å². The first kappa shape index (κ1) is 16.7. The summed E-state index contributed by atoms with van der Waals surface area (Å²) in [7, 11) is 1.65. The lowest BCUT2D eigenvalue weighted by molar-refractivity contribution is 0.0760. The molecule has 1 aliphatic rings. The van der Waals surface area contributed by atoms with Gasteiger partial charge in [0.15, 0.2) is 0 Å². The van der Waals surface area contributed by atoms with E-state index in [2.05, 4.69) is 5.10 Å². The summed E-state index contributed by atoms with van der Waals surface area (Å²) in [6.45, 7) is 0.742. The molecule has 0 saturated carbocycles. The molecule has 1 fully saturated rings. The molecule has 1 aliphatic heterocycles. The van der Waals surface area contributed by atoms with Gasteiger partial charge in [-0.25, -0.2) is 4.68 Å². The minimum Gasteiger partial charge on any atom is -0.497 e. The SMILES string of the molecule is COc1ccc(C2SCCN2C(=O)c2cccc(-n3cccn3)c2)cc1. The molecule has 26 heavy (non-hydrogen) atoms. The summed E-state index contributed by atoms with van der Waals surface area (Å²) in [5.74, 6) is 1.80. The van der Waals surface area contributed by atoms with Crippen LogP contribution < -0.4 is 4.74 Å². The lowest BCUT2D eigenvalue weighted by Gasteiger charge is -2.24. The zero-order valence-electron chi connectivity index (χ0n) is 14.4. The number of methoxy groups -OCH3 is 1. The van der Waals surface area contributed by atoms with E-state index in [9.17, 15) is 4.79 Å². The molecule has 0 N–H and O–H groups in total. The number of thioether (sulfide) groups is 1. The lowest BCUT2D eigenvalue weighted by Crippen LogP contribution is -2.30. The summed E-state index contributed by atoms with van der Waals surface area (Å²) in [4.78, 5) is 15.1. The second kappa shape index (κ2) is 7.25. The number of rotatable bonds is 4. The van der Waals surface area contributed by atoms with Crippen molar-refractivity contribution in [2.45, 2.75) is 5.37 Å². The number of carbonyl (C=O) groups is 1. The average Bonchev–Trinajstić information content (AvgIpc) is 3.39. The molecule has 1 atom stereocenters. The lowest BCUT2D eigenvalue weighted by atomic mass is 10.1. The van der Waals surface area contributed by atoms with E-state index >= 15 is 0 Å². The zero-order chi connectivity index (χ0) is 17.9. The summed E-state index contributed by atoms with van der Waals surface area (Å²) < 4.78 is 6.99. The van der Waals surface area contributed by atoms with Crippen molar-refractivity contribution in [2.75, 3.05) is 19.4 Å². The molecule has 0 spiro atoms. The van der Waals surface area contributed by atoms with Crippen LogP contribution in [-0.4, -0.2) is 40.0 Å². The highest BCUT2D eigenvalue weighted by Crippen LogP contribution is 2.39. The molecule has 0 radical (unpaired) electrons. The Morgan fingerprint density at radius 2 is 2.04 bits per heavy atom. The third-order valence-electron chi connectivity index (χ3n) is 4.41. The number of amides is 1. The van der Waals surface area contributed by atoms with E-state index in [4.69, 9.17) is 4.74 Å². The minimum atomic E-state index is 0.0294. The molecule has 0 bridgehead atoms. The van der Waals surface area contributed by atoms with Gasteiger partial charge in [0.05, 0.1) is 12.8 Å². The highest BCUT2D eigenvalue weighted by Gasteiger charge is 2.31. The average molecular weight is 365 g/mol. The van der Waals surface area contributed by atoms with E-state index in [0.717, 1.165) is 29.3 Å². The van der Waals surface area contributed by atoms with Crippen molar-refractivity contribution in [1.29, 1.82) is 0 Å². The first-order chi connectivity index (χ1) is 12.8. The Bertz CT molecular complexity index is 894. The number of aromatic nitrogens is 2. The standard InChI is InChI=1S/C20H19N3O2S/c1-25-18-8-6-15(7-9-18)20-22(12-13-26-20)19(24)16-4-2-5-17(14-16)23-11-3-10-21-23/h2-11,14,20H,12-13H2,1H3. The van der Waals surface area contributed by atoms with Crippen molar-refractivity contribution < 1.29 is 9.53 Å². The summed E-state index contributed by atoms with van der Waals surface area (Å²) in [5, 5.41) is 4.27. The van der Waals surface area contributed by atoms with Gasteiger partial charge >= 0.3 is 0 Å². The fourth-order valence-electron chi connectivity index (χ4n) is 3.09. The number of hydrogen-bond donors (Lipinski definition) is 0. The van der Waals surface area contributed by atoms with Gasteiger partial charge in [0.25, 0.3) is 5.91 Å². The molecule has 5 nitrogen and oxygen atoms in total. The number of carbonyl (C=O) groups excluding carboxylic acids is 1. The fraction of sp³-hybridized carbons (Fsp3) is 0.200. The van der Waals surface area contributed by atoms with Crippen LogP contribution in [0, 0.1) is 0 Å². The van der Waals surface area contributed by atoms with Gasteiger partial charge in [0.2, 0.25) is 0 Å². The number of benzene rings is 2. The van der Waals surface area contributed by atoms with Crippen molar-refractivity contribution in [1.82, 2.24) is 14.7 Å². The van der Waals surface area contributed by atoms with Crippen LogP contribution in [0.25, 0.3) is 5.69 Å². The van der Waals surface area contributed by atoms with E-state index in [1.54, 1.807) is 29.8 Å². The van der Waals surface area contributed by atoms with Crippen LogP contribution in [-0.2, 0) is 0 Å². The summed E-state index contributed by atoms with van der Waals surface area (Å²) >= 11 is 1.79. The third kappa shape index (κ3) is 3.20. The second-order valence-corrected chi connectivity index (χ2v) is 7.18. The van der Waals surface area contributed by atoms with Gasteiger partial charge in [0, 0.05) is 30.3 Å². The molecule has 3 aromatic rings. The molecule has 1 saturated heterocycles. The first-order valence-corrected chi connectivity index (χ1v) is 9.48. The summed E-state index contributed by atoms with van der Waals surface area (Å²) in [5.41, 5.74) is 2.68. The Morgan fingerprint density at radius 1 is 1.19 bits per heavy atom. The number of nitrogens with zero attached hydrogens (tertiary/aromatic N) is 3. The van der Waals surface area contributed by atoms with Crippen molar-refractivity contribution in [3.05, 3.63) is 78.1 Å². The van der Waals surface area contributed by atoms with Crippen LogP contribution in [0.1, 0.15) is 21.3 Å². The van der Waals surface area contributed by atoms with Crippen LogP contribution in [0.4, 0.5) is 0 Å². The Morgan fingerprint density at radius 3 is 2.77 bits per heavy atom. The molecule has 2 heterocycles. The molecule has 132 valence electrons. The van der Waals surface area contributed by atoms with Crippen molar-refractivity contribution in [3.63, 3.8) is 0 Å². The van der Waals surface area contributed by atoms with Crippen molar-refractivity contribution >= 4 is 17.7 Å². The highest BCUT2D eigenvalue weighted by molar-refractivity contribution is 7.99. The summed E-state index contributed by atoms with van der Waals surface area (Å²) in [6, 6.07) is 17.4. The largest absolute Gasteiger partial charge is 0.497 e. The normalized spacial score (nSPS) is 16.7. The Kier molecular flexibility index (Phi) is 4.67. The molecule has 1 aromatic heterocycles. The van der Waals surface area contributed by atoms with Crippen molar-refractivity contribution in [2.24, 2.45) is 0 Å². The number of hydrogen-bond acceptors (Lipinski definition) is 4. The molecular formula is C20H19N3O2S.